The Kier molecular flexibility index (Phi) is 4.71. The average molecular weight is 309 g/mol. The highest BCUT2D eigenvalue weighted by Crippen LogP contribution is 2.25. The second-order valence-corrected chi connectivity index (χ2v) is 8.39. The van der Waals surface area contributed by atoms with Crippen LogP contribution in [0, 0.1) is 12.8 Å². The van der Waals surface area contributed by atoms with Gasteiger partial charge in [0.2, 0.25) is 5.91 Å². The first-order valence-corrected chi connectivity index (χ1v) is 9.20. The zero-order valence-electron chi connectivity index (χ0n) is 12.9. The first-order chi connectivity index (χ1) is 9.78. The molecular weight excluding hydrogens is 286 g/mol. The van der Waals surface area contributed by atoms with Gasteiger partial charge in [0.15, 0.2) is 9.84 Å². The molecule has 0 unspecified atom stereocenters. The molecule has 0 radical (unpaired) electrons. The number of nitrogens with zero attached hydrogens (tertiary/aromatic N) is 1. The van der Waals surface area contributed by atoms with Crippen molar-refractivity contribution >= 4 is 21.4 Å². The van der Waals surface area contributed by atoms with Crippen LogP contribution >= 0.6 is 0 Å². The van der Waals surface area contributed by atoms with Crippen LogP contribution in [0.4, 0.5) is 5.69 Å². The Bertz CT molecular complexity index is 605. The fourth-order valence-electron chi connectivity index (χ4n) is 2.81. The molecule has 0 saturated carbocycles. The summed E-state index contributed by atoms with van der Waals surface area (Å²) in [5.41, 5.74) is 2.03. The second kappa shape index (κ2) is 6.18. The van der Waals surface area contributed by atoms with Gasteiger partial charge in [0, 0.05) is 18.2 Å². The number of hydrogen-bond donors (Lipinski definition) is 0. The van der Waals surface area contributed by atoms with Crippen molar-refractivity contribution in [3.8, 4) is 0 Å². The van der Waals surface area contributed by atoms with Gasteiger partial charge in [0.05, 0.1) is 11.5 Å². The van der Waals surface area contributed by atoms with Crippen molar-refractivity contribution in [3.63, 3.8) is 0 Å². The fourth-order valence-corrected chi connectivity index (χ4v) is 4.68. The van der Waals surface area contributed by atoms with Crippen molar-refractivity contribution in [3.05, 3.63) is 29.8 Å². The molecular formula is C16H23NO3S. The molecule has 21 heavy (non-hydrogen) atoms. The Morgan fingerprint density at radius 2 is 1.90 bits per heavy atom. The number of amides is 1. The molecule has 116 valence electrons. The summed E-state index contributed by atoms with van der Waals surface area (Å²) >= 11 is 0. The predicted octanol–water partition coefficient (Wildman–Crippen LogP) is 2.56. The maximum Gasteiger partial charge on any atom is 0.227 e. The van der Waals surface area contributed by atoms with E-state index < -0.39 is 9.84 Å². The highest BCUT2D eigenvalue weighted by molar-refractivity contribution is 7.91. The van der Waals surface area contributed by atoms with E-state index in [1.54, 1.807) is 4.90 Å². The van der Waals surface area contributed by atoms with Gasteiger partial charge in [-0.3, -0.25) is 4.79 Å². The summed E-state index contributed by atoms with van der Waals surface area (Å²) < 4.78 is 23.0. The Hall–Kier alpha value is -1.36. The molecule has 0 spiro atoms. The lowest BCUT2D eigenvalue weighted by Gasteiger charge is -2.28. The zero-order valence-corrected chi connectivity index (χ0v) is 13.7. The van der Waals surface area contributed by atoms with Gasteiger partial charge in [-0.2, -0.15) is 0 Å². The molecule has 1 atom stereocenters. The maximum atomic E-state index is 12.6. The quantitative estimate of drug-likeness (QED) is 0.859. The lowest BCUT2D eigenvalue weighted by molar-refractivity contribution is -0.119. The van der Waals surface area contributed by atoms with E-state index >= 15 is 0 Å². The second-order valence-electron chi connectivity index (χ2n) is 6.17. The fraction of sp³-hybridized carbons (Fsp3) is 0.562. The van der Waals surface area contributed by atoms with Crippen molar-refractivity contribution < 1.29 is 13.2 Å². The van der Waals surface area contributed by atoms with Crippen molar-refractivity contribution in [1.29, 1.82) is 0 Å². The number of carbonyl (C=O) groups excluding carboxylic acids is 1. The van der Waals surface area contributed by atoms with E-state index in [4.69, 9.17) is 0 Å². The van der Waals surface area contributed by atoms with Crippen LogP contribution < -0.4 is 4.90 Å². The van der Waals surface area contributed by atoms with Crippen LogP contribution in [0.15, 0.2) is 24.3 Å². The van der Waals surface area contributed by atoms with E-state index in [2.05, 4.69) is 0 Å². The van der Waals surface area contributed by atoms with Crippen LogP contribution in [-0.4, -0.2) is 31.9 Å². The Morgan fingerprint density at radius 3 is 2.38 bits per heavy atom. The van der Waals surface area contributed by atoms with Crippen LogP contribution in [0.25, 0.3) is 0 Å². The van der Waals surface area contributed by atoms with E-state index in [1.165, 1.54) is 0 Å². The third-order valence-corrected chi connectivity index (χ3v) is 5.72. The molecule has 1 aliphatic heterocycles. The van der Waals surface area contributed by atoms with Crippen molar-refractivity contribution in [2.45, 2.75) is 39.7 Å². The summed E-state index contributed by atoms with van der Waals surface area (Å²) in [5.74, 6) is 0.348. The van der Waals surface area contributed by atoms with Gasteiger partial charge in [-0.05, 0) is 45.2 Å². The van der Waals surface area contributed by atoms with Crippen LogP contribution in [0.3, 0.4) is 0 Å². The topological polar surface area (TPSA) is 54.5 Å². The number of sulfone groups is 1. The number of hydrogen-bond acceptors (Lipinski definition) is 3. The molecule has 2 rings (SSSR count). The monoisotopic (exact) mass is 309 g/mol. The molecule has 0 N–H and O–H groups in total. The van der Waals surface area contributed by atoms with E-state index in [0.29, 0.717) is 12.8 Å². The summed E-state index contributed by atoms with van der Waals surface area (Å²) in [6, 6.07) is 7.91. The zero-order chi connectivity index (χ0) is 15.6. The minimum atomic E-state index is -2.93. The van der Waals surface area contributed by atoms with Crippen LogP contribution in [-0.2, 0) is 14.6 Å². The molecule has 0 aromatic heterocycles. The van der Waals surface area contributed by atoms with Crippen molar-refractivity contribution in [1.82, 2.24) is 0 Å². The van der Waals surface area contributed by atoms with Gasteiger partial charge in [-0.1, -0.05) is 17.7 Å². The molecule has 4 nitrogen and oxygen atoms in total. The molecule has 1 amide bonds. The summed E-state index contributed by atoms with van der Waals surface area (Å²) in [6.45, 7) is 5.96. The summed E-state index contributed by atoms with van der Waals surface area (Å²) in [4.78, 5) is 14.3. The Balaban J connectivity index is 2.11. The molecule has 1 aromatic rings. The lowest BCUT2D eigenvalue weighted by Crippen LogP contribution is -2.38. The number of rotatable bonds is 4. The smallest absolute Gasteiger partial charge is 0.227 e. The summed E-state index contributed by atoms with van der Waals surface area (Å²) in [6.07, 6.45) is 0.916. The molecule has 1 fully saturated rings. The minimum Gasteiger partial charge on any atom is -0.310 e. The number of aryl methyl sites for hydroxylation is 1. The van der Waals surface area contributed by atoms with Gasteiger partial charge >= 0.3 is 0 Å². The minimum absolute atomic E-state index is 0.0101. The standard InChI is InChI=1S/C16H23NO3S/c1-12(2)17(15-6-4-13(3)5-7-15)16(18)10-14-8-9-21(19,20)11-14/h4-7,12,14H,8-11H2,1-3H3/t14-/m0/s1. The van der Waals surface area contributed by atoms with Crippen LogP contribution in [0.2, 0.25) is 0 Å². The third-order valence-electron chi connectivity index (χ3n) is 3.89. The molecule has 5 heteroatoms. The van der Waals surface area contributed by atoms with E-state index in [1.807, 2.05) is 45.0 Å². The highest BCUT2D eigenvalue weighted by atomic mass is 32.2. The SMILES string of the molecule is Cc1ccc(N(C(=O)C[C@@H]2CCS(=O)(=O)C2)C(C)C)cc1. The Morgan fingerprint density at radius 1 is 1.29 bits per heavy atom. The van der Waals surface area contributed by atoms with Crippen molar-refractivity contribution in [2.75, 3.05) is 16.4 Å². The van der Waals surface area contributed by atoms with Gasteiger partial charge in [0.1, 0.15) is 0 Å². The van der Waals surface area contributed by atoms with Gasteiger partial charge in [-0.25, -0.2) is 8.42 Å². The lowest BCUT2D eigenvalue weighted by atomic mass is 10.0. The van der Waals surface area contributed by atoms with Crippen LogP contribution in [0.1, 0.15) is 32.3 Å². The van der Waals surface area contributed by atoms with Gasteiger partial charge in [0.25, 0.3) is 0 Å². The maximum absolute atomic E-state index is 12.6. The Labute approximate surface area is 127 Å². The molecule has 1 heterocycles. The third kappa shape index (κ3) is 4.06. The first-order valence-electron chi connectivity index (χ1n) is 7.37. The molecule has 1 aliphatic rings. The van der Waals surface area contributed by atoms with Crippen molar-refractivity contribution in [2.24, 2.45) is 5.92 Å². The predicted molar refractivity (Wildman–Crippen MR) is 85.2 cm³/mol. The molecule has 1 saturated heterocycles. The van der Waals surface area contributed by atoms with E-state index in [9.17, 15) is 13.2 Å². The summed E-state index contributed by atoms with van der Waals surface area (Å²) in [7, 11) is -2.93. The number of carbonyl (C=O) groups is 1. The molecule has 0 aliphatic carbocycles. The largest absolute Gasteiger partial charge is 0.310 e. The van der Waals surface area contributed by atoms with Crippen LogP contribution in [0.5, 0.6) is 0 Å². The number of benzene rings is 1. The van der Waals surface area contributed by atoms with E-state index in [0.717, 1.165) is 11.3 Å². The summed E-state index contributed by atoms with van der Waals surface area (Å²) in [5, 5.41) is 0. The first kappa shape index (κ1) is 16.0. The van der Waals surface area contributed by atoms with Gasteiger partial charge in [-0.15, -0.1) is 0 Å². The van der Waals surface area contributed by atoms with E-state index in [-0.39, 0.29) is 29.4 Å². The normalized spacial score (nSPS) is 20.7. The highest BCUT2D eigenvalue weighted by Gasteiger charge is 2.31. The number of anilines is 1. The average Bonchev–Trinajstić information content (AvgIpc) is 2.71. The molecule has 1 aromatic carbocycles. The van der Waals surface area contributed by atoms with Gasteiger partial charge < -0.3 is 4.90 Å². The molecule has 0 bridgehead atoms.